The van der Waals surface area contributed by atoms with Gasteiger partial charge in [0.05, 0.1) is 16.9 Å². The first-order valence-electron chi connectivity index (χ1n) is 7.82. The van der Waals surface area contributed by atoms with Crippen LogP contribution in [0.15, 0.2) is 24.3 Å². The first-order valence-corrected chi connectivity index (χ1v) is 8.64. The molecule has 1 aliphatic rings. The maximum absolute atomic E-state index is 12.1. The lowest BCUT2D eigenvalue weighted by atomic mass is 10.1. The summed E-state index contributed by atoms with van der Waals surface area (Å²) in [6.07, 6.45) is 2.49. The Morgan fingerprint density at radius 2 is 2.30 bits per heavy atom. The summed E-state index contributed by atoms with van der Waals surface area (Å²) >= 11 is 1.43. The van der Waals surface area contributed by atoms with Crippen molar-refractivity contribution >= 4 is 38.5 Å². The molecule has 0 saturated carbocycles. The Hall–Kier alpha value is -1.99. The van der Waals surface area contributed by atoms with E-state index in [1.54, 1.807) is 4.90 Å². The Morgan fingerprint density at radius 3 is 3.04 bits per heavy atom. The van der Waals surface area contributed by atoms with E-state index in [0.717, 1.165) is 23.1 Å². The number of amides is 2. The lowest BCUT2D eigenvalue weighted by molar-refractivity contribution is -0.138. The fourth-order valence-corrected chi connectivity index (χ4v) is 3.58. The number of anilines is 1. The van der Waals surface area contributed by atoms with Gasteiger partial charge in [-0.25, -0.2) is 4.98 Å². The highest BCUT2D eigenvalue weighted by molar-refractivity contribution is 7.22. The monoisotopic (exact) mass is 332 g/mol. The van der Waals surface area contributed by atoms with Crippen LogP contribution in [0.2, 0.25) is 0 Å². The minimum absolute atomic E-state index is 0.0293. The van der Waals surface area contributed by atoms with Crippen LogP contribution in [0.5, 0.6) is 0 Å². The molecular formula is C16H20N4O2S. The van der Waals surface area contributed by atoms with E-state index in [1.807, 2.05) is 24.3 Å². The average Bonchev–Trinajstić information content (AvgIpc) is 2.92. The standard InChI is InChI=1S/C16H20N4O2S/c1-2-5-11-8-15(22)20(10-17-11)9-14(21)19-16-18-12-6-3-4-7-13(12)23-16/h3-4,6-7,11,17H,2,5,8-10H2,1H3,(H,18,19,21). The van der Waals surface area contributed by atoms with Crippen LogP contribution in [-0.4, -0.2) is 41.0 Å². The second-order valence-corrected chi connectivity index (χ2v) is 6.71. The summed E-state index contributed by atoms with van der Waals surface area (Å²) in [5.74, 6) is -0.185. The third-order valence-electron chi connectivity index (χ3n) is 3.86. The van der Waals surface area contributed by atoms with Crippen LogP contribution in [0, 0.1) is 0 Å². The number of nitrogens with zero attached hydrogens (tertiary/aromatic N) is 2. The highest BCUT2D eigenvalue weighted by Gasteiger charge is 2.26. The summed E-state index contributed by atoms with van der Waals surface area (Å²) in [7, 11) is 0. The van der Waals surface area contributed by atoms with Gasteiger partial charge in [0.1, 0.15) is 6.54 Å². The molecule has 3 rings (SSSR count). The molecule has 2 aromatic rings. The van der Waals surface area contributed by atoms with E-state index in [4.69, 9.17) is 0 Å². The van der Waals surface area contributed by atoms with Crippen molar-refractivity contribution in [1.82, 2.24) is 15.2 Å². The fourth-order valence-electron chi connectivity index (χ4n) is 2.69. The van der Waals surface area contributed by atoms with E-state index < -0.39 is 0 Å². The lowest BCUT2D eigenvalue weighted by Crippen LogP contribution is -2.52. The number of aromatic nitrogens is 1. The van der Waals surface area contributed by atoms with Gasteiger partial charge in [0.25, 0.3) is 0 Å². The van der Waals surface area contributed by atoms with Crippen molar-refractivity contribution in [2.75, 3.05) is 18.5 Å². The van der Waals surface area contributed by atoms with Crippen LogP contribution >= 0.6 is 11.3 Å². The summed E-state index contributed by atoms with van der Waals surface area (Å²) in [4.78, 5) is 30.2. The quantitative estimate of drug-likeness (QED) is 0.880. The largest absolute Gasteiger partial charge is 0.321 e. The molecule has 1 aromatic carbocycles. The summed E-state index contributed by atoms with van der Waals surface area (Å²) in [6, 6.07) is 7.97. The van der Waals surface area contributed by atoms with Gasteiger partial charge in [0.15, 0.2) is 5.13 Å². The average molecular weight is 332 g/mol. The normalized spacial score (nSPS) is 18.4. The molecular weight excluding hydrogens is 312 g/mol. The van der Waals surface area contributed by atoms with Gasteiger partial charge < -0.3 is 10.2 Å². The Morgan fingerprint density at radius 1 is 1.48 bits per heavy atom. The number of fused-ring (bicyclic) bond motifs is 1. The van der Waals surface area contributed by atoms with Gasteiger partial charge in [-0.15, -0.1) is 0 Å². The number of para-hydroxylation sites is 1. The Bertz CT molecular complexity index is 682. The van der Waals surface area contributed by atoms with Crippen molar-refractivity contribution in [2.45, 2.75) is 32.2 Å². The predicted octanol–water partition coefficient (Wildman–Crippen LogP) is 2.18. The molecule has 7 heteroatoms. The summed E-state index contributed by atoms with van der Waals surface area (Å²) in [6.45, 7) is 2.58. The van der Waals surface area contributed by atoms with Crippen molar-refractivity contribution in [1.29, 1.82) is 0 Å². The van der Waals surface area contributed by atoms with Gasteiger partial charge in [-0.3, -0.25) is 14.9 Å². The van der Waals surface area contributed by atoms with Crippen LogP contribution in [0.4, 0.5) is 5.13 Å². The molecule has 1 unspecified atom stereocenters. The molecule has 1 aliphatic heterocycles. The van der Waals surface area contributed by atoms with Crippen molar-refractivity contribution in [3.63, 3.8) is 0 Å². The highest BCUT2D eigenvalue weighted by atomic mass is 32.1. The number of rotatable bonds is 5. The predicted molar refractivity (Wildman–Crippen MR) is 91.3 cm³/mol. The van der Waals surface area contributed by atoms with E-state index in [9.17, 15) is 9.59 Å². The number of carbonyl (C=O) groups is 2. The highest BCUT2D eigenvalue weighted by Crippen LogP contribution is 2.25. The molecule has 2 heterocycles. The van der Waals surface area contributed by atoms with Crippen molar-refractivity contribution < 1.29 is 9.59 Å². The van der Waals surface area contributed by atoms with E-state index in [2.05, 4.69) is 22.5 Å². The van der Waals surface area contributed by atoms with Crippen molar-refractivity contribution in [3.05, 3.63) is 24.3 Å². The Kier molecular flexibility index (Phi) is 4.88. The second-order valence-electron chi connectivity index (χ2n) is 5.68. The minimum atomic E-state index is -0.215. The zero-order valence-electron chi connectivity index (χ0n) is 13.0. The fraction of sp³-hybridized carbons (Fsp3) is 0.438. The van der Waals surface area contributed by atoms with Crippen molar-refractivity contribution in [2.24, 2.45) is 0 Å². The van der Waals surface area contributed by atoms with E-state index >= 15 is 0 Å². The molecule has 0 radical (unpaired) electrons. The molecule has 1 atom stereocenters. The maximum Gasteiger partial charge on any atom is 0.245 e. The zero-order chi connectivity index (χ0) is 16.2. The molecule has 1 saturated heterocycles. The first kappa shape index (κ1) is 15.9. The number of hydrogen-bond acceptors (Lipinski definition) is 5. The first-order chi connectivity index (χ1) is 11.2. The molecule has 0 aliphatic carbocycles. The van der Waals surface area contributed by atoms with Gasteiger partial charge in [-0.05, 0) is 18.6 Å². The Balaban J connectivity index is 1.56. The van der Waals surface area contributed by atoms with Crippen LogP contribution < -0.4 is 10.6 Å². The SMILES string of the molecule is CCCC1CC(=O)N(CC(=O)Nc2nc3ccccc3s2)CN1. The molecule has 23 heavy (non-hydrogen) atoms. The van der Waals surface area contributed by atoms with Gasteiger partial charge in [-0.2, -0.15) is 0 Å². The smallest absolute Gasteiger partial charge is 0.245 e. The van der Waals surface area contributed by atoms with Crippen LogP contribution in [0.25, 0.3) is 10.2 Å². The third-order valence-corrected chi connectivity index (χ3v) is 4.81. The van der Waals surface area contributed by atoms with E-state index in [1.165, 1.54) is 11.3 Å². The van der Waals surface area contributed by atoms with E-state index in [0.29, 0.717) is 18.2 Å². The van der Waals surface area contributed by atoms with Gasteiger partial charge in [-0.1, -0.05) is 36.8 Å². The van der Waals surface area contributed by atoms with Gasteiger partial charge in [0.2, 0.25) is 11.8 Å². The van der Waals surface area contributed by atoms with Crippen LogP contribution in [-0.2, 0) is 9.59 Å². The van der Waals surface area contributed by atoms with Crippen LogP contribution in [0.1, 0.15) is 26.2 Å². The van der Waals surface area contributed by atoms with Gasteiger partial charge in [0, 0.05) is 12.5 Å². The molecule has 0 bridgehead atoms. The molecule has 1 aromatic heterocycles. The summed E-state index contributed by atoms with van der Waals surface area (Å²) in [5, 5.41) is 6.65. The molecule has 0 spiro atoms. The maximum atomic E-state index is 12.1. The summed E-state index contributed by atoms with van der Waals surface area (Å²) in [5.41, 5.74) is 0.867. The number of nitrogens with one attached hydrogen (secondary N) is 2. The number of hydrogen-bond donors (Lipinski definition) is 2. The van der Waals surface area contributed by atoms with Gasteiger partial charge >= 0.3 is 0 Å². The molecule has 6 nitrogen and oxygen atoms in total. The van der Waals surface area contributed by atoms with E-state index in [-0.39, 0.29) is 24.4 Å². The Labute approximate surface area is 138 Å². The molecule has 1 fully saturated rings. The minimum Gasteiger partial charge on any atom is -0.321 e. The van der Waals surface area contributed by atoms with Crippen molar-refractivity contribution in [3.8, 4) is 0 Å². The molecule has 122 valence electrons. The topological polar surface area (TPSA) is 74.3 Å². The summed E-state index contributed by atoms with van der Waals surface area (Å²) < 4.78 is 1.03. The zero-order valence-corrected chi connectivity index (χ0v) is 13.9. The lowest BCUT2D eigenvalue weighted by Gasteiger charge is -2.32. The molecule has 2 N–H and O–H groups in total. The second kappa shape index (κ2) is 7.06. The van der Waals surface area contributed by atoms with Crippen LogP contribution in [0.3, 0.4) is 0 Å². The number of thiazole rings is 1. The number of carbonyl (C=O) groups excluding carboxylic acids is 2. The number of benzene rings is 1. The third kappa shape index (κ3) is 3.86. The molecule has 2 amide bonds.